The van der Waals surface area contributed by atoms with Gasteiger partial charge in [0.2, 0.25) is 11.9 Å². The van der Waals surface area contributed by atoms with E-state index in [2.05, 4.69) is 20.3 Å². The monoisotopic (exact) mass is 259 g/mol. The average molecular weight is 259 g/mol. The number of hydrogen-bond acceptors (Lipinski definition) is 6. The number of nitrogen functional groups attached to an aromatic ring is 1. The van der Waals surface area contributed by atoms with E-state index in [4.69, 9.17) is 10.5 Å². The van der Waals surface area contributed by atoms with Crippen LogP contribution >= 0.6 is 0 Å². The highest BCUT2D eigenvalue weighted by molar-refractivity contribution is 5.58. The number of aromatic nitrogens is 3. The molecule has 100 valence electrons. The van der Waals surface area contributed by atoms with Crippen molar-refractivity contribution in [1.82, 2.24) is 15.0 Å². The minimum Gasteiger partial charge on any atom is -0.461 e. The molecule has 0 fully saturated rings. The van der Waals surface area contributed by atoms with Crippen LogP contribution in [0.25, 0.3) is 0 Å². The normalized spacial score (nSPS) is 10.5. The van der Waals surface area contributed by atoms with Crippen LogP contribution in [0, 0.1) is 6.92 Å². The van der Waals surface area contributed by atoms with Crippen molar-refractivity contribution in [3.05, 3.63) is 29.8 Å². The van der Waals surface area contributed by atoms with E-state index in [9.17, 15) is 0 Å². The molecule has 3 N–H and O–H groups in total. The summed E-state index contributed by atoms with van der Waals surface area (Å²) in [6.45, 7) is 5.79. The minimum absolute atomic E-state index is 0.0203. The van der Waals surface area contributed by atoms with Crippen molar-refractivity contribution in [2.75, 3.05) is 11.1 Å². The van der Waals surface area contributed by atoms with E-state index in [0.29, 0.717) is 5.95 Å². The zero-order chi connectivity index (χ0) is 13.8. The molecule has 0 radical (unpaired) electrons. The zero-order valence-electron chi connectivity index (χ0n) is 11.2. The molecule has 0 unspecified atom stereocenters. The second-order valence-electron chi connectivity index (χ2n) is 4.41. The number of nitrogens with two attached hydrogens (primary N) is 1. The van der Waals surface area contributed by atoms with Crippen LogP contribution in [-0.4, -0.2) is 21.1 Å². The summed E-state index contributed by atoms with van der Waals surface area (Å²) in [5, 5.41) is 3.10. The van der Waals surface area contributed by atoms with Crippen LogP contribution in [0.1, 0.15) is 19.4 Å². The Morgan fingerprint density at radius 3 is 2.58 bits per heavy atom. The highest BCUT2D eigenvalue weighted by Crippen LogP contribution is 2.19. The average Bonchev–Trinajstić information content (AvgIpc) is 2.30. The van der Waals surface area contributed by atoms with E-state index in [1.807, 2.05) is 45.0 Å². The molecule has 0 aliphatic rings. The summed E-state index contributed by atoms with van der Waals surface area (Å²) in [5.41, 5.74) is 7.66. The number of nitrogens with zero attached hydrogens (tertiary/aromatic N) is 3. The number of benzene rings is 1. The van der Waals surface area contributed by atoms with E-state index < -0.39 is 0 Å². The van der Waals surface area contributed by atoms with Crippen molar-refractivity contribution >= 4 is 17.6 Å². The maximum atomic E-state index is 5.64. The topological polar surface area (TPSA) is 86.0 Å². The van der Waals surface area contributed by atoms with Gasteiger partial charge < -0.3 is 15.8 Å². The summed E-state index contributed by atoms with van der Waals surface area (Å²) in [7, 11) is 0. The van der Waals surface area contributed by atoms with Gasteiger partial charge in [-0.2, -0.15) is 15.0 Å². The summed E-state index contributed by atoms with van der Waals surface area (Å²) in [6.07, 6.45) is -0.0203. The number of anilines is 3. The van der Waals surface area contributed by atoms with Crippen molar-refractivity contribution in [2.24, 2.45) is 0 Å². The number of para-hydroxylation sites is 1. The van der Waals surface area contributed by atoms with Crippen LogP contribution in [0.3, 0.4) is 0 Å². The fourth-order valence-corrected chi connectivity index (χ4v) is 1.53. The van der Waals surface area contributed by atoms with Gasteiger partial charge in [0.1, 0.15) is 0 Å². The van der Waals surface area contributed by atoms with Crippen LogP contribution in [0.4, 0.5) is 17.6 Å². The van der Waals surface area contributed by atoms with Gasteiger partial charge in [0.25, 0.3) is 0 Å². The van der Waals surface area contributed by atoms with Crippen molar-refractivity contribution in [3.63, 3.8) is 0 Å². The molecule has 19 heavy (non-hydrogen) atoms. The van der Waals surface area contributed by atoms with Gasteiger partial charge >= 0.3 is 6.01 Å². The molecule has 0 spiro atoms. The molecule has 0 saturated heterocycles. The van der Waals surface area contributed by atoms with E-state index in [0.717, 1.165) is 11.3 Å². The molecule has 1 aromatic carbocycles. The molecule has 1 heterocycles. The number of hydrogen-bond donors (Lipinski definition) is 2. The molecular weight excluding hydrogens is 242 g/mol. The molecule has 0 bridgehead atoms. The highest BCUT2D eigenvalue weighted by Gasteiger charge is 2.08. The maximum Gasteiger partial charge on any atom is 0.323 e. The highest BCUT2D eigenvalue weighted by atomic mass is 16.5. The molecule has 6 heteroatoms. The van der Waals surface area contributed by atoms with Crippen molar-refractivity contribution in [1.29, 1.82) is 0 Å². The first-order valence-corrected chi connectivity index (χ1v) is 6.05. The molecule has 0 aliphatic heterocycles. The van der Waals surface area contributed by atoms with Crippen molar-refractivity contribution < 1.29 is 4.74 Å². The molecule has 2 rings (SSSR count). The zero-order valence-corrected chi connectivity index (χ0v) is 11.2. The summed E-state index contributed by atoms with van der Waals surface area (Å²) >= 11 is 0. The van der Waals surface area contributed by atoms with Gasteiger partial charge in [-0.3, -0.25) is 0 Å². The molecule has 6 nitrogen and oxygen atoms in total. The largest absolute Gasteiger partial charge is 0.461 e. The Balaban J connectivity index is 2.25. The quantitative estimate of drug-likeness (QED) is 0.876. The maximum absolute atomic E-state index is 5.64. The van der Waals surface area contributed by atoms with Crippen molar-refractivity contribution in [2.45, 2.75) is 26.9 Å². The molecule has 0 atom stereocenters. The van der Waals surface area contributed by atoms with Gasteiger partial charge in [0.15, 0.2) is 0 Å². The lowest BCUT2D eigenvalue weighted by Crippen LogP contribution is -2.12. The summed E-state index contributed by atoms with van der Waals surface area (Å²) < 4.78 is 5.42. The lowest BCUT2D eigenvalue weighted by Gasteiger charge is -2.11. The van der Waals surface area contributed by atoms with Gasteiger partial charge in [-0.15, -0.1) is 0 Å². The molecular formula is C13H17N5O. The lowest BCUT2D eigenvalue weighted by molar-refractivity contribution is 0.222. The third-order valence-electron chi connectivity index (χ3n) is 2.36. The van der Waals surface area contributed by atoms with Crippen LogP contribution in [0.15, 0.2) is 24.3 Å². The summed E-state index contributed by atoms with van der Waals surface area (Å²) in [6, 6.07) is 8.07. The molecule has 2 aromatic rings. The number of rotatable bonds is 4. The molecule has 0 saturated carbocycles. The first-order valence-electron chi connectivity index (χ1n) is 6.05. The third kappa shape index (κ3) is 3.54. The Kier molecular flexibility index (Phi) is 3.79. The third-order valence-corrected chi connectivity index (χ3v) is 2.36. The minimum atomic E-state index is -0.0203. The Morgan fingerprint density at radius 2 is 1.89 bits per heavy atom. The number of nitrogens with one attached hydrogen (secondary N) is 1. The Labute approximate surface area is 112 Å². The van der Waals surface area contributed by atoms with Crippen LogP contribution in [0.5, 0.6) is 6.01 Å². The molecule has 1 aromatic heterocycles. The van der Waals surface area contributed by atoms with Crippen LogP contribution in [0.2, 0.25) is 0 Å². The van der Waals surface area contributed by atoms with Gasteiger partial charge in [0.05, 0.1) is 6.10 Å². The summed E-state index contributed by atoms with van der Waals surface area (Å²) in [4.78, 5) is 12.1. The van der Waals surface area contributed by atoms with Gasteiger partial charge in [-0.05, 0) is 32.4 Å². The predicted octanol–water partition coefficient (Wildman–Crippen LogP) is 2.29. The summed E-state index contributed by atoms with van der Waals surface area (Å²) in [5.74, 6) is 0.499. The first-order chi connectivity index (χ1) is 9.04. The van der Waals surface area contributed by atoms with Gasteiger partial charge in [-0.25, -0.2) is 0 Å². The van der Waals surface area contributed by atoms with Gasteiger partial charge in [-0.1, -0.05) is 18.2 Å². The number of aryl methyl sites for hydroxylation is 1. The lowest BCUT2D eigenvalue weighted by atomic mass is 10.2. The van der Waals surface area contributed by atoms with Gasteiger partial charge in [0, 0.05) is 5.69 Å². The molecule has 0 amide bonds. The Bertz CT molecular complexity index is 571. The smallest absolute Gasteiger partial charge is 0.323 e. The predicted molar refractivity (Wildman–Crippen MR) is 74.5 cm³/mol. The van der Waals surface area contributed by atoms with E-state index in [1.54, 1.807) is 0 Å². The fourth-order valence-electron chi connectivity index (χ4n) is 1.53. The second-order valence-corrected chi connectivity index (χ2v) is 4.41. The van der Waals surface area contributed by atoms with E-state index >= 15 is 0 Å². The van der Waals surface area contributed by atoms with E-state index in [-0.39, 0.29) is 18.1 Å². The molecule has 0 aliphatic carbocycles. The Morgan fingerprint density at radius 1 is 1.16 bits per heavy atom. The first kappa shape index (κ1) is 13.1. The van der Waals surface area contributed by atoms with Crippen molar-refractivity contribution in [3.8, 4) is 6.01 Å². The van der Waals surface area contributed by atoms with Crippen LogP contribution < -0.4 is 15.8 Å². The second kappa shape index (κ2) is 5.51. The van der Waals surface area contributed by atoms with E-state index in [1.165, 1.54) is 0 Å². The number of ether oxygens (including phenoxy) is 1. The van der Waals surface area contributed by atoms with Crippen LogP contribution in [-0.2, 0) is 0 Å². The Hall–Kier alpha value is -2.37. The fraction of sp³-hybridized carbons (Fsp3) is 0.308. The standard InChI is InChI=1S/C13H17N5O/c1-8(2)19-13-17-11(14)16-12(18-13)15-10-7-5-4-6-9(10)3/h4-8H,1-3H3,(H3,14,15,16,17,18). The SMILES string of the molecule is Cc1ccccc1Nc1nc(N)nc(OC(C)C)n1.